The van der Waals surface area contributed by atoms with Gasteiger partial charge in [0.05, 0.1) is 12.7 Å². The second-order valence-electron chi connectivity index (χ2n) is 8.72. The topological polar surface area (TPSA) is 58.4 Å². The molecule has 0 spiro atoms. The van der Waals surface area contributed by atoms with Gasteiger partial charge in [0.25, 0.3) is 0 Å². The minimum Gasteiger partial charge on any atom is -0.471 e. The molecule has 0 unspecified atom stereocenters. The van der Waals surface area contributed by atoms with Gasteiger partial charge in [0.1, 0.15) is 17.2 Å². The molecule has 0 aliphatic heterocycles. The summed E-state index contributed by atoms with van der Waals surface area (Å²) in [4.78, 5) is 6.77. The molecule has 2 aromatic rings. The lowest BCUT2D eigenvalue weighted by molar-refractivity contribution is 0.0210. The number of nitriles is 1. The van der Waals surface area contributed by atoms with Gasteiger partial charge in [-0.2, -0.15) is 5.26 Å². The van der Waals surface area contributed by atoms with Crippen molar-refractivity contribution in [2.24, 2.45) is 0 Å². The van der Waals surface area contributed by atoms with Gasteiger partial charge in [-0.25, -0.2) is 4.98 Å². The second-order valence-corrected chi connectivity index (χ2v) is 8.72. The third kappa shape index (κ3) is 9.06. The van der Waals surface area contributed by atoms with Crippen molar-refractivity contribution in [2.75, 3.05) is 24.6 Å². The van der Waals surface area contributed by atoms with Crippen LogP contribution in [0.15, 0.2) is 36.5 Å². The summed E-state index contributed by atoms with van der Waals surface area (Å²) in [6.07, 6.45) is 4.83. The summed E-state index contributed by atoms with van der Waals surface area (Å²) in [5.74, 6) is 0.372. The molecule has 1 heterocycles. The Balaban J connectivity index is 0.00000265. The van der Waals surface area contributed by atoms with Gasteiger partial charge in [0.2, 0.25) is 5.88 Å². The highest BCUT2D eigenvalue weighted by atomic mass is 16.5. The van der Waals surface area contributed by atoms with E-state index in [1.165, 1.54) is 5.69 Å². The maximum atomic E-state index is 9.89. The number of ether oxygens (including phenoxy) is 2. The number of anilines is 1. The highest BCUT2D eigenvalue weighted by molar-refractivity contribution is 5.73. The van der Waals surface area contributed by atoms with Crippen LogP contribution in [0.3, 0.4) is 0 Å². The minimum atomic E-state index is -0.489. The first-order valence-corrected chi connectivity index (χ1v) is 12.4. The summed E-state index contributed by atoms with van der Waals surface area (Å²) in [6.45, 7) is 19.1. The van der Waals surface area contributed by atoms with E-state index in [0.29, 0.717) is 24.5 Å². The highest BCUT2D eigenvalue weighted by Crippen LogP contribution is 2.32. The van der Waals surface area contributed by atoms with Crippen LogP contribution < -0.4 is 9.64 Å². The first-order chi connectivity index (χ1) is 15.8. The molecule has 0 fully saturated rings. The molecular weight excluding hydrogens is 410 g/mol. The van der Waals surface area contributed by atoms with Crippen LogP contribution >= 0.6 is 0 Å². The third-order valence-corrected chi connectivity index (χ3v) is 5.09. The zero-order valence-electron chi connectivity index (χ0n) is 21.9. The number of rotatable bonds is 12. The molecule has 182 valence electrons. The Morgan fingerprint density at radius 2 is 1.64 bits per heavy atom. The molecule has 1 aromatic carbocycles. The average Bonchev–Trinajstić information content (AvgIpc) is 2.79. The number of nitrogens with zero attached hydrogens (tertiary/aromatic N) is 3. The van der Waals surface area contributed by atoms with E-state index in [9.17, 15) is 5.26 Å². The van der Waals surface area contributed by atoms with E-state index in [1.54, 1.807) is 6.20 Å². The highest BCUT2D eigenvalue weighted by Gasteiger charge is 2.24. The van der Waals surface area contributed by atoms with E-state index in [1.807, 2.05) is 47.6 Å². The van der Waals surface area contributed by atoms with Gasteiger partial charge in [-0.05, 0) is 64.3 Å². The standard InChI is InChI=1S/C26H37N3O2.C2H6/c1-7-16-29(17-8-2)22-11-9-21(10-12-22)23-13-15-28-25(24(23)19-27)31-26(5,6)14-18-30-20(3)4;1-2/h9-13,15,20H,7-8,14,16-18H2,1-6H3;1-2H3. The summed E-state index contributed by atoms with van der Waals surface area (Å²) in [6, 6.07) is 12.6. The maximum Gasteiger partial charge on any atom is 0.232 e. The van der Waals surface area contributed by atoms with Gasteiger partial charge in [-0.1, -0.05) is 39.8 Å². The van der Waals surface area contributed by atoms with Crippen molar-refractivity contribution in [3.05, 3.63) is 42.1 Å². The van der Waals surface area contributed by atoms with E-state index in [-0.39, 0.29) is 6.10 Å². The second kappa shape index (κ2) is 14.5. The van der Waals surface area contributed by atoms with Gasteiger partial charge in [0, 0.05) is 37.0 Å². The van der Waals surface area contributed by atoms with E-state index >= 15 is 0 Å². The number of aromatic nitrogens is 1. The fourth-order valence-electron chi connectivity index (χ4n) is 3.48. The number of benzene rings is 1. The Labute approximate surface area is 201 Å². The molecular formula is C28H43N3O2. The smallest absolute Gasteiger partial charge is 0.232 e. The van der Waals surface area contributed by atoms with E-state index in [0.717, 1.165) is 37.1 Å². The van der Waals surface area contributed by atoms with E-state index in [4.69, 9.17) is 9.47 Å². The van der Waals surface area contributed by atoms with Crippen molar-refractivity contribution in [2.45, 2.75) is 86.4 Å². The Morgan fingerprint density at radius 3 is 2.15 bits per heavy atom. The molecule has 5 nitrogen and oxygen atoms in total. The van der Waals surface area contributed by atoms with Crippen molar-refractivity contribution < 1.29 is 9.47 Å². The van der Waals surface area contributed by atoms with Crippen molar-refractivity contribution in [3.63, 3.8) is 0 Å². The van der Waals surface area contributed by atoms with Crippen molar-refractivity contribution in [3.8, 4) is 23.1 Å². The van der Waals surface area contributed by atoms with Crippen LogP contribution in [0.2, 0.25) is 0 Å². The Morgan fingerprint density at radius 1 is 1.03 bits per heavy atom. The molecule has 5 heteroatoms. The van der Waals surface area contributed by atoms with Crippen LogP contribution in [0.25, 0.3) is 11.1 Å². The normalized spacial score (nSPS) is 10.9. The van der Waals surface area contributed by atoms with Gasteiger partial charge in [-0.15, -0.1) is 0 Å². The number of hydrogen-bond acceptors (Lipinski definition) is 5. The minimum absolute atomic E-state index is 0.181. The maximum absolute atomic E-state index is 9.89. The SMILES string of the molecule is CC.CCCN(CCC)c1ccc(-c2ccnc(OC(C)(C)CCOC(C)C)c2C#N)cc1. The molecule has 0 atom stereocenters. The summed E-state index contributed by atoms with van der Waals surface area (Å²) < 4.78 is 11.8. The first-order valence-electron chi connectivity index (χ1n) is 12.4. The quantitative estimate of drug-likeness (QED) is 0.339. The van der Waals surface area contributed by atoms with Gasteiger partial charge < -0.3 is 14.4 Å². The van der Waals surface area contributed by atoms with Crippen molar-refractivity contribution in [1.29, 1.82) is 5.26 Å². The summed E-state index contributed by atoms with van der Waals surface area (Å²) in [7, 11) is 0. The van der Waals surface area contributed by atoms with Crippen molar-refractivity contribution >= 4 is 5.69 Å². The first kappa shape index (κ1) is 28.5. The third-order valence-electron chi connectivity index (χ3n) is 5.09. The predicted molar refractivity (Wildman–Crippen MR) is 139 cm³/mol. The molecule has 33 heavy (non-hydrogen) atoms. The number of pyridine rings is 1. The molecule has 2 rings (SSSR count). The average molecular weight is 454 g/mol. The van der Waals surface area contributed by atoms with Gasteiger partial charge in [0.15, 0.2) is 0 Å². The summed E-state index contributed by atoms with van der Waals surface area (Å²) in [5, 5.41) is 9.89. The zero-order chi connectivity index (χ0) is 24.9. The van der Waals surface area contributed by atoms with Crippen LogP contribution in [-0.2, 0) is 4.74 Å². The van der Waals surface area contributed by atoms with E-state index in [2.05, 4.69) is 54.1 Å². The van der Waals surface area contributed by atoms with Crippen LogP contribution in [0.5, 0.6) is 5.88 Å². The number of hydrogen-bond donors (Lipinski definition) is 0. The molecule has 0 radical (unpaired) electrons. The fourth-order valence-corrected chi connectivity index (χ4v) is 3.48. The molecule has 0 aliphatic rings. The molecule has 0 aliphatic carbocycles. The van der Waals surface area contributed by atoms with Crippen LogP contribution in [0.1, 0.15) is 80.2 Å². The Bertz CT molecular complexity index is 848. The predicted octanol–water partition coefficient (Wildman–Crippen LogP) is 7.25. The molecule has 0 saturated carbocycles. The lowest BCUT2D eigenvalue weighted by Gasteiger charge is -2.27. The Kier molecular flexibility index (Phi) is 12.5. The van der Waals surface area contributed by atoms with Crippen LogP contribution in [-0.4, -0.2) is 36.4 Å². The summed E-state index contributed by atoms with van der Waals surface area (Å²) in [5.41, 5.74) is 3.01. The zero-order valence-corrected chi connectivity index (χ0v) is 21.9. The molecule has 0 amide bonds. The molecule has 0 saturated heterocycles. The molecule has 0 N–H and O–H groups in total. The van der Waals surface area contributed by atoms with E-state index < -0.39 is 5.60 Å². The largest absolute Gasteiger partial charge is 0.471 e. The molecule has 1 aromatic heterocycles. The van der Waals surface area contributed by atoms with Gasteiger partial charge >= 0.3 is 0 Å². The fraction of sp³-hybridized carbons (Fsp3) is 0.571. The lowest BCUT2D eigenvalue weighted by atomic mass is 10.0. The monoisotopic (exact) mass is 453 g/mol. The lowest BCUT2D eigenvalue weighted by Crippen LogP contribution is -2.31. The van der Waals surface area contributed by atoms with Crippen LogP contribution in [0.4, 0.5) is 5.69 Å². The summed E-state index contributed by atoms with van der Waals surface area (Å²) >= 11 is 0. The van der Waals surface area contributed by atoms with Crippen molar-refractivity contribution in [1.82, 2.24) is 4.98 Å². The van der Waals surface area contributed by atoms with Crippen LogP contribution in [0, 0.1) is 11.3 Å². The Hall–Kier alpha value is -2.58. The molecule has 0 bridgehead atoms. The van der Waals surface area contributed by atoms with Gasteiger partial charge in [-0.3, -0.25) is 0 Å².